The number of hydrogen-bond acceptors (Lipinski definition) is 10. The SMILES string of the molecule is COc1ccc(CN(Cc2ccc(OC)cc2OC)S(=O)(=O)c2cc(-c3c(C(N)=O)c(N4CCC(F)(F)C(C)C4)nc4c3C(C)(C)CC(C)(C)C4)ccn2)c(OC)c1. The molecule has 0 radical (unpaired) electrons. The molecule has 1 aliphatic heterocycles. The number of fused-ring (bicyclic) bond motifs is 1. The van der Waals surface area contributed by atoms with Crippen LogP contribution < -0.4 is 29.6 Å². The first kappa shape index (κ1) is 42.6. The first-order valence-electron chi connectivity index (χ1n) is 19.1. The quantitative estimate of drug-likeness (QED) is 0.145. The zero-order valence-corrected chi connectivity index (χ0v) is 35.4. The molecule has 1 amide bonds. The second-order valence-corrected chi connectivity index (χ2v) is 18.5. The number of piperidine rings is 1. The first-order valence-corrected chi connectivity index (χ1v) is 20.6. The lowest BCUT2D eigenvalue weighted by Gasteiger charge is -2.44. The summed E-state index contributed by atoms with van der Waals surface area (Å²) in [6.07, 6.45) is 2.25. The molecule has 0 spiro atoms. The Morgan fingerprint density at radius 3 is 2.02 bits per heavy atom. The predicted octanol–water partition coefficient (Wildman–Crippen LogP) is 7.40. The molecule has 1 aliphatic carbocycles. The molecule has 0 bridgehead atoms. The molecule has 1 fully saturated rings. The van der Waals surface area contributed by atoms with Crippen LogP contribution in [0.2, 0.25) is 0 Å². The number of alkyl halides is 2. The van der Waals surface area contributed by atoms with Crippen LogP contribution in [0.25, 0.3) is 11.1 Å². The molecule has 2 aromatic heterocycles. The third kappa shape index (κ3) is 8.28. The van der Waals surface area contributed by atoms with E-state index in [4.69, 9.17) is 29.7 Å². The van der Waals surface area contributed by atoms with Gasteiger partial charge >= 0.3 is 0 Å². The monoisotopic (exact) mass is 821 g/mol. The Balaban J connectivity index is 1.55. The van der Waals surface area contributed by atoms with Gasteiger partial charge in [0.2, 0.25) is 0 Å². The normalized spacial score (nSPS) is 18.3. The molecule has 58 heavy (non-hydrogen) atoms. The van der Waals surface area contributed by atoms with Crippen LogP contribution in [-0.2, 0) is 34.9 Å². The number of aromatic nitrogens is 2. The minimum absolute atomic E-state index is 0.0375. The van der Waals surface area contributed by atoms with E-state index in [0.717, 1.165) is 12.0 Å². The van der Waals surface area contributed by atoms with Gasteiger partial charge in [-0.3, -0.25) is 4.79 Å². The van der Waals surface area contributed by atoms with E-state index in [1.165, 1.54) is 51.9 Å². The summed E-state index contributed by atoms with van der Waals surface area (Å²) in [4.78, 5) is 24.9. The van der Waals surface area contributed by atoms with E-state index >= 15 is 8.42 Å². The average Bonchev–Trinajstić information content (AvgIpc) is 3.17. The van der Waals surface area contributed by atoms with E-state index in [0.29, 0.717) is 57.4 Å². The molecule has 3 heterocycles. The minimum atomic E-state index is -4.44. The zero-order chi connectivity index (χ0) is 42.4. The highest BCUT2D eigenvalue weighted by atomic mass is 32.2. The highest BCUT2D eigenvalue weighted by Crippen LogP contribution is 2.51. The lowest BCUT2D eigenvalue weighted by Crippen LogP contribution is -2.47. The van der Waals surface area contributed by atoms with Crippen molar-refractivity contribution in [3.63, 3.8) is 0 Å². The number of nitrogens with two attached hydrogens (primary N) is 1. The molecule has 2 N–H and O–H groups in total. The van der Waals surface area contributed by atoms with Crippen molar-refractivity contribution in [3.05, 3.63) is 82.7 Å². The van der Waals surface area contributed by atoms with Crippen molar-refractivity contribution in [2.45, 2.75) is 83.3 Å². The van der Waals surface area contributed by atoms with Gasteiger partial charge in [0.25, 0.3) is 21.9 Å². The first-order chi connectivity index (χ1) is 27.2. The number of amides is 1. The summed E-state index contributed by atoms with van der Waals surface area (Å²) in [6.45, 7) is 9.57. The number of halogens is 2. The number of sulfonamides is 1. The Kier molecular flexibility index (Phi) is 11.7. The Bertz CT molecular complexity index is 2260. The molecule has 0 saturated carbocycles. The average molecular weight is 822 g/mol. The van der Waals surface area contributed by atoms with Crippen LogP contribution in [0.15, 0.2) is 59.8 Å². The highest BCUT2D eigenvalue weighted by Gasteiger charge is 2.45. The Morgan fingerprint density at radius 1 is 0.914 bits per heavy atom. The fourth-order valence-corrected chi connectivity index (χ4v) is 10.1. The number of primary amides is 1. The summed E-state index contributed by atoms with van der Waals surface area (Å²) < 4.78 is 83.0. The summed E-state index contributed by atoms with van der Waals surface area (Å²) in [7, 11) is 1.60. The topological polar surface area (TPSA) is 146 Å². The number of carbonyl (C=O) groups is 1. The van der Waals surface area contributed by atoms with Gasteiger partial charge in [-0.2, -0.15) is 4.31 Å². The smallest absolute Gasteiger partial charge is 0.261 e. The number of nitrogens with zero attached hydrogens (tertiary/aromatic N) is 4. The second-order valence-electron chi connectivity index (χ2n) is 16.6. The van der Waals surface area contributed by atoms with Gasteiger partial charge in [0.15, 0.2) is 5.03 Å². The molecule has 2 aliphatic rings. The standard InChI is InChI=1S/C43H53F2N5O7S/c1-26-22-49(17-15-43(26,44)45)40-37(39(46)51)36(38-32(48-40)21-41(2,3)25-42(38,4)5)27-14-16-47-35(18-27)58(52,53)50(23-28-10-12-30(54-6)19-33(28)56-8)24-29-11-13-31(55-7)20-34(29)57-9/h10-14,16,18-20,26H,15,17,21-25H2,1-9H3,(H2,46,51). The van der Waals surface area contributed by atoms with Crippen molar-refractivity contribution in [1.82, 2.24) is 14.3 Å². The van der Waals surface area contributed by atoms with Crippen LogP contribution in [-0.4, -0.2) is 76.0 Å². The number of hydrogen-bond donors (Lipinski definition) is 1. The molecule has 1 saturated heterocycles. The van der Waals surface area contributed by atoms with Crippen LogP contribution in [0.1, 0.15) is 80.2 Å². The zero-order valence-electron chi connectivity index (χ0n) is 34.6. The number of carbonyl (C=O) groups excluding carboxylic acids is 1. The minimum Gasteiger partial charge on any atom is -0.497 e. The van der Waals surface area contributed by atoms with E-state index < -0.39 is 39.6 Å². The summed E-state index contributed by atoms with van der Waals surface area (Å²) in [5.74, 6) is -2.56. The summed E-state index contributed by atoms with van der Waals surface area (Å²) in [5, 5.41) is -0.285. The number of benzene rings is 2. The van der Waals surface area contributed by atoms with Gasteiger partial charge in [-0.15, -0.1) is 0 Å². The molecule has 2 aromatic carbocycles. The van der Waals surface area contributed by atoms with Crippen molar-refractivity contribution in [2.24, 2.45) is 17.1 Å². The molecule has 1 unspecified atom stereocenters. The van der Waals surface area contributed by atoms with Gasteiger partial charge in [-0.25, -0.2) is 27.2 Å². The van der Waals surface area contributed by atoms with E-state index in [1.807, 2.05) is 0 Å². The number of anilines is 1. The van der Waals surface area contributed by atoms with Gasteiger partial charge in [0.05, 0.1) is 34.0 Å². The van der Waals surface area contributed by atoms with Crippen LogP contribution in [0.4, 0.5) is 14.6 Å². The van der Waals surface area contributed by atoms with E-state index in [2.05, 4.69) is 32.7 Å². The van der Waals surface area contributed by atoms with Gasteiger partial charge in [0.1, 0.15) is 28.8 Å². The molecular formula is C43H53F2N5O7S. The van der Waals surface area contributed by atoms with E-state index in [1.54, 1.807) is 47.4 Å². The molecule has 312 valence electrons. The third-order valence-electron chi connectivity index (χ3n) is 11.3. The Labute approximate surface area is 339 Å². The number of methoxy groups -OCH3 is 4. The highest BCUT2D eigenvalue weighted by molar-refractivity contribution is 7.89. The number of ether oxygens (including phenoxy) is 4. The third-order valence-corrected chi connectivity index (χ3v) is 13.0. The molecule has 1 atom stereocenters. The fourth-order valence-electron chi connectivity index (χ4n) is 8.72. The van der Waals surface area contributed by atoms with Crippen LogP contribution in [0.5, 0.6) is 23.0 Å². The van der Waals surface area contributed by atoms with Gasteiger partial charge in [-0.1, -0.05) is 46.8 Å². The van der Waals surface area contributed by atoms with Gasteiger partial charge < -0.3 is 29.6 Å². The van der Waals surface area contributed by atoms with Crippen molar-refractivity contribution in [1.29, 1.82) is 0 Å². The van der Waals surface area contributed by atoms with Gasteiger partial charge in [0, 0.05) is 79.2 Å². The molecular weight excluding hydrogens is 769 g/mol. The largest absolute Gasteiger partial charge is 0.497 e. The van der Waals surface area contributed by atoms with Crippen molar-refractivity contribution in [2.75, 3.05) is 46.4 Å². The van der Waals surface area contributed by atoms with Gasteiger partial charge in [-0.05, 0) is 59.1 Å². The summed E-state index contributed by atoms with van der Waals surface area (Å²) in [5.41, 5.74) is 8.95. The van der Waals surface area contributed by atoms with E-state index in [-0.39, 0.29) is 48.0 Å². The Hall–Kier alpha value is -5.02. The van der Waals surface area contributed by atoms with Crippen LogP contribution in [0.3, 0.4) is 0 Å². The van der Waals surface area contributed by atoms with Crippen LogP contribution >= 0.6 is 0 Å². The van der Waals surface area contributed by atoms with Crippen molar-refractivity contribution < 1.29 is 40.9 Å². The molecule has 4 aromatic rings. The maximum atomic E-state index is 15.1. The van der Waals surface area contributed by atoms with Crippen LogP contribution in [0, 0.1) is 11.3 Å². The Morgan fingerprint density at radius 2 is 1.50 bits per heavy atom. The lowest BCUT2D eigenvalue weighted by molar-refractivity contribution is -0.0652. The number of pyridine rings is 2. The predicted molar refractivity (Wildman–Crippen MR) is 218 cm³/mol. The van der Waals surface area contributed by atoms with Crippen molar-refractivity contribution in [3.8, 4) is 34.1 Å². The maximum absolute atomic E-state index is 15.1. The lowest BCUT2D eigenvalue weighted by atomic mass is 9.62. The maximum Gasteiger partial charge on any atom is 0.261 e. The molecule has 6 rings (SSSR count). The van der Waals surface area contributed by atoms with E-state index in [9.17, 15) is 13.6 Å². The summed E-state index contributed by atoms with van der Waals surface area (Å²) >= 11 is 0. The number of rotatable bonds is 13. The van der Waals surface area contributed by atoms with Crippen molar-refractivity contribution >= 4 is 21.7 Å². The summed E-state index contributed by atoms with van der Waals surface area (Å²) in [6, 6.07) is 13.4. The molecule has 15 heteroatoms. The second kappa shape index (κ2) is 16.0. The molecule has 12 nitrogen and oxygen atoms in total. The fraction of sp³-hybridized carbons (Fsp3) is 0.465.